The highest BCUT2D eigenvalue weighted by atomic mass is 15.5. The summed E-state index contributed by atoms with van der Waals surface area (Å²) in [6.07, 6.45) is 5.72. The molecule has 74 valence electrons. The molecule has 0 saturated heterocycles. The van der Waals surface area contributed by atoms with Crippen LogP contribution in [0.3, 0.4) is 0 Å². The van der Waals surface area contributed by atoms with Gasteiger partial charge in [-0.25, -0.2) is 4.68 Å². The van der Waals surface area contributed by atoms with Gasteiger partial charge < -0.3 is 0 Å². The zero-order chi connectivity index (χ0) is 9.52. The molecule has 0 saturated carbocycles. The summed E-state index contributed by atoms with van der Waals surface area (Å²) in [6, 6.07) is 0. The number of hydrogen-bond donors (Lipinski definition) is 0. The molecule has 0 aromatic carbocycles. The first-order chi connectivity index (χ1) is 6.38. The van der Waals surface area contributed by atoms with E-state index in [1.807, 2.05) is 4.68 Å². The van der Waals surface area contributed by atoms with Gasteiger partial charge in [-0.3, -0.25) is 0 Å². The fourth-order valence-corrected chi connectivity index (χ4v) is 1.22. The van der Waals surface area contributed by atoms with E-state index in [4.69, 9.17) is 0 Å². The molecule has 0 atom stereocenters. The van der Waals surface area contributed by atoms with Crippen molar-refractivity contribution in [1.29, 1.82) is 0 Å². The van der Waals surface area contributed by atoms with Crippen molar-refractivity contribution in [1.82, 2.24) is 20.2 Å². The second-order valence-corrected chi connectivity index (χ2v) is 3.28. The van der Waals surface area contributed by atoms with Gasteiger partial charge in [-0.1, -0.05) is 26.7 Å². The van der Waals surface area contributed by atoms with Crippen molar-refractivity contribution in [3.8, 4) is 0 Å². The Kier molecular flexibility index (Phi) is 4.43. The van der Waals surface area contributed by atoms with Crippen molar-refractivity contribution in [3.63, 3.8) is 0 Å². The molecule has 13 heavy (non-hydrogen) atoms. The van der Waals surface area contributed by atoms with E-state index in [9.17, 15) is 0 Å². The number of nitrogens with zero attached hydrogens (tertiary/aromatic N) is 4. The van der Waals surface area contributed by atoms with E-state index in [0.717, 1.165) is 25.2 Å². The van der Waals surface area contributed by atoms with Crippen LogP contribution in [0.2, 0.25) is 0 Å². The Morgan fingerprint density at radius 2 is 1.92 bits per heavy atom. The van der Waals surface area contributed by atoms with Crippen molar-refractivity contribution < 1.29 is 0 Å². The van der Waals surface area contributed by atoms with Crippen molar-refractivity contribution >= 4 is 0 Å². The first-order valence-electron chi connectivity index (χ1n) is 5.13. The number of aryl methyl sites for hydroxylation is 2. The van der Waals surface area contributed by atoms with Gasteiger partial charge in [0, 0.05) is 13.0 Å². The number of hydrogen-bond acceptors (Lipinski definition) is 3. The molecule has 1 aromatic rings. The minimum Gasteiger partial charge on any atom is -0.230 e. The summed E-state index contributed by atoms with van der Waals surface area (Å²) < 4.78 is 1.93. The Balaban J connectivity index is 2.45. The quantitative estimate of drug-likeness (QED) is 0.674. The minimum atomic E-state index is 0.961. The topological polar surface area (TPSA) is 43.6 Å². The van der Waals surface area contributed by atoms with Gasteiger partial charge in [-0.15, -0.1) is 5.10 Å². The third kappa shape index (κ3) is 3.13. The Bertz CT molecular complexity index is 209. The Morgan fingerprint density at radius 1 is 1.15 bits per heavy atom. The third-order valence-corrected chi connectivity index (χ3v) is 2.08. The molecule has 0 radical (unpaired) electrons. The lowest BCUT2D eigenvalue weighted by molar-refractivity contribution is 0.527. The molecule has 0 amide bonds. The fraction of sp³-hybridized carbons (Fsp3) is 0.889. The monoisotopic (exact) mass is 182 g/mol. The largest absolute Gasteiger partial charge is 0.230 e. The van der Waals surface area contributed by atoms with Crippen LogP contribution < -0.4 is 0 Å². The van der Waals surface area contributed by atoms with Gasteiger partial charge in [-0.2, -0.15) is 0 Å². The molecule has 4 heteroatoms. The smallest absolute Gasteiger partial charge is 0.151 e. The molecule has 4 nitrogen and oxygen atoms in total. The Labute approximate surface area is 79.3 Å². The van der Waals surface area contributed by atoms with Crippen LogP contribution >= 0.6 is 0 Å². The molecule has 0 bridgehead atoms. The summed E-state index contributed by atoms with van der Waals surface area (Å²) in [4.78, 5) is 0. The van der Waals surface area contributed by atoms with Crippen LogP contribution in [-0.4, -0.2) is 20.2 Å². The lowest BCUT2D eigenvalue weighted by Gasteiger charge is -2.01. The van der Waals surface area contributed by atoms with E-state index >= 15 is 0 Å². The normalized spacial score (nSPS) is 10.6. The summed E-state index contributed by atoms with van der Waals surface area (Å²) in [6.45, 7) is 5.32. The van der Waals surface area contributed by atoms with Crippen molar-refractivity contribution in [3.05, 3.63) is 5.82 Å². The summed E-state index contributed by atoms with van der Waals surface area (Å²) in [7, 11) is 0. The number of aromatic nitrogens is 4. The molecule has 0 aliphatic carbocycles. The Morgan fingerprint density at radius 3 is 2.62 bits per heavy atom. The predicted molar refractivity (Wildman–Crippen MR) is 51.3 cm³/mol. The maximum atomic E-state index is 4.01. The van der Waals surface area contributed by atoms with E-state index in [-0.39, 0.29) is 0 Å². The zero-order valence-electron chi connectivity index (χ0n) is 8.53. The van der Waals surface area contributed by atoms with E-state index < -0.39 is 0 Å². The molecule has 0 spiro atoms. The minimum absolute atomic E-state index is 0.961. The molecule has 0 aliphatic heterocycles. The molecule has 1 rings (SSSR count). The lowest BCUT2D eigenvalue weighted by Crippen LogP contribution is -2.05. The van der Waals surface area contributed by atoms with Gasteiger partial charge in [0.2, 0.25) is 0 Å². The highest BCUT2D eigenvalue weighted by Crippen LogP contribution is 2.01. The van der Waals surface area contributed by atoms with Crippen molar-refractivity contribution in [2.24, 2.45) is 0 Å². The molecule has 0 N–H and O–H groups in total. The summed E-state index contributed by atoms with van der Waals surface area (Å²) in [5.41, 5.74) is 0. The van der Waals surface area contributed by atoms with Crippen molar-refractivity contribution in [2.75, 3.05) is 0 Å². The lowest BCUT2D eigenvalue weighted by atomic mass is 10.2. The van der Waals surface area contributed by atoms with Crippen LogP contribution in [0.1, 0.15) is 45.4 Å². The van der Waals surface area contributed by atoms with Crippen LogP contribution in [0.15, 0.2) is 0 Å². The average molecular weight is 182 g/mol. The van der Waals surface area contributed by atoms with E-state index in [1.165, 1.54) is 19.3 Å². The maximum Gasteiger partial charge on any atom is 0.151 e. The number of tetrazole rings is 1. The number of rotatable bonds is 6. The third-order valence-electron chi connectivity index (χ3n) is 2.08. The van der Waals surface area contributed by atoms with E-state index in [2.05, 4.69) is 29.4 Å². The van der Waals surface area contributed by atoms with Crippen LogP contribution in [0.25, 0.3) is 0 Å². The van der Waals surface area contributed by atoms with Crippen LogP contribution in [-0.2, 0) is 13.0 Å². The highest BCUT2D eigenvalue weighted by Gasteiger charge is 2.03. The van der Waals surface area contributed by atoms with Crippen LogP contribution in [0.5, 0.6) is 0 Å². The second-order valence-electron chi connectivity index (χ2n) is 3.28. The van der Waals surface area contributed by atoms with Gasteiger partial charge >= 0.3 is 0 Å². The number of unbranched alkanes of at least 4 members (excludes halogenated alkanes) is 2. The summed E-state index contributed by atoms with van der Waals surface area (Å²) >= 11 is 0. The first-order valence-corrected chi connectivity index (χ1v) is 5.13. The molecule has 0 aliphatic rings. The molecule has 1 heterocycles. The predicted octanol–water partition coefficient (Wildman–Crippen LogP) is 1.82. The molecule has 0 fully saturated rings. The summed E-state index contributed by atoms with van der Waals surface area (Å²) in [5, 5.41) is 11.7. The summed E-state index contributed by atoms with van der Waals surface area (Å²) in [5.74, 6) is 1.04. The van der Waals surface area contributed by atoms with Crippen LogP contribution in [0.4, 0.5) is 0 Å². The van der Waals surface area contributed by atoms with E-state index in [1.54, 1.807) is 0 Å². The highest BCUT2D eigenvalue weighted by molar-refractivity contribution is 4.80. The van der Waals surface area contributed by atoms with Gasteiger partial charge in [0.25, 0.3) is 0 Å². The molecular weight excluding hydrogens is 164 g/mol. The van der Waals surface area contributed by atoms with Gasteiger partial charge in [0.15, 0.2) is 5.82 Å². The second kappa shape index (κ2) is 5.67. The maximum absolute atomic E-state index is 4.01. The van der Waals surface area contributed by atoms with E-state index in [0.29, 0.717) is 0 Å². The van der Waals surface area contributed by atoms with Gasteiger partial charge in [-0.05, 0) is 23.3 Å². The fourth-order valence-electron chi connectivity index (χ4n) is 1.22. The standard InChI is InChI=1S/C9H18N4/c1-3-5-7-9-10-11-12-13(9)8-6-4-2/h3-8H2,1-2H3. The SMILES string of the molecule is CCCCc1nnnn1CCCC. The van der Waals surface area contributed by atoms with Gasteiger partial charge in [0.05, 0.1) is 0 Å². The molecule has 1 aromatic heterocycles. The first kappa shape index (κ1) is 10.2. The molecule has 0 unspecified atom stereocenters. The van der Waals surface area contributed by atoms with Crippen molar-refractivity contribution in [2.45, 2.75) is 52.5 Å². The van der Waals surface area contributed by atoms with Gasteiger partial charge in [0.1, 0.15) is 0 Å². The zero-order valence-corrected chi connectivity index (χ0v) is 8.53. The Hall–Kier alpha value is -0.930. The van der Waals surface area contributed by atoms with Crippen LogP contribution in [0, 0.1) is 0 Å². The average Bonchev–Trinajstić information content (AvgIpc) is 2.59. The molecular formula is C9H18N4.